The van der Waals surface area contributed by atoms with Crippen LogP contribution in [-0.4, -0.2) is 30.7 Å². The summed E-state index contributed by atoms with van der Waals surface area (Å²) >= 11 is 18.8. The maximum absolute atomic E-state index is 13.7. The van der Waals surface area contributed by atoms with E-state index in [0.29, 0.717) is 70.5 Å². The first-order valence-corrected chi connectivity index (χ1v) is 15.4. The first-order chi connectivity index (χ1) is 20.2. The average molecular weight is 646 g/mol. The Bertz CT molecular complexity index is 1540. The van der Waals surface area contributed by atoms with Gasteiger partial charge in [-0.15, -0.1) is 0 Å². The number of Topliss-reactive ketones (excluding diaryl/α,β-unsaturated/α-hetero) is 2. The SMILES string of the molecule is CCOc1cc(C2C3=C(CC(C)(C)CC3=O)NC3=C2C(=O)CC(C)(C)C3)cc(Cl)c1OCC(=O)Nc1ccc(Cl)c(Cl)c1. The smallest absolute Gasteiger partial charge is 0.262 e. The second kappa shape index (κ2) is 11.8. The number of anilines is 1. The van der Waals surface area contributed by atoms with Crippen LogP contribution >= 0.6 is 34.8 Å². The molecule has 0 spiro atoms. The second-order valence-corrected chi connectivity index (χ2v) is 14.2. The van der Waals surface area contributed by atoms with Gasteiger partial charge in [-0.2, -0.15) is 0 Å². The minimum atomic E-state index is -0.581. The molecule has 2 aromatic carbocycles. The number of carbonyl (C=O) groups is 3. The maximum Gasteiger partial charge on any atom is 0.262 e. The van der Waals surface area contributed by atoms with E-state index in [2.05, 4.69) is 38.3 Å². The molecule has 1 amide bonds. The van der Waals surface area contributed by atoms with E-state index in [1.807, 2.05) is 6.92 Å². The third-order valence-electron chi connectivity index (χ3n) is 7.94. The molecule has 3 aliphatic rings. The van der Waals surface area contributed by atoms with Crippen molar-refractivity contribution in [2.75, 3.05) is 18.5 Å². The lowest BCUT2D eigenvalue weighted by atomic mass is 9.64. The molecule has 0 radical (unpaired) electrons. The molecule has 0 bridgehead atoms. The summed E-state index contributed by atoms with van der Waals surface area (Å²) in [5, 5.41) is 7.13. The Labute approximate surface area is 266 Å². The highest BCUT2D eigenvalue weighted by Gasteiger charge is 2.46. The lowest BCUT2D eigenvalue weighted by Crippen LogP contribution is -2.42. The summed E-state index contributed by atoms with van der Waals surface area (Å²) in [5.74, 6) is -0.469. The molecular weight excluding hydrogens is 611 g/mol. The number of benzene rings is 2. The minimum Gasteiger partial charge on any atom is -0.490 e. The van der Waals surface area contributed by atoms with Crippen molar-refractivity contribution >= 4 is 58.0 Å². The number of hydrogen-bond acceptors (Lipinski definition) is 6. The summed E-state index contributed by atoms with van der Waals surface area (Å²) in [6, 6.07) is 8.24. The lowest BCUT2D eigenvalue weighted by Gasteiger charge is -2.44. The molecule has 10 heteroatoms. The Hall–Kier alpha value is -3.00. The molecule has 2 aromatic rings. The van der Waals surface area contributed by atoms with Gasteiger partial charge in [0.15, 0.2) is 29.7 Å². The third-order valence-corrected chi connectivity index (χ3v) is 8.95. The monoisotopic (exact) mass is 644 g/mol. The van der Waals surface area contributed by atoms with Crippen molar-refractivity contribution in [1.29, 1.82) is 0 Å². The zero-order chi connectivity index (χ0) is 31.3. The van der Waals surface area contributed by atoms with E-state index in [1.54, 1.807) is 30.3 Å². The van der Waals surface area contributed by atoms with Crippen LogP contribution in [0.3, 0.4) is 0 Å². The number of allylic oxidation sites excluding steroid dienone is 4. The number of rotatable bonds is 7. The van der Waals surface area contributed by atoms with Crippen LogP contribution in [0.2, 0.25) is 15.1 Å². The number of dihydropyridines is 1. The van der Waals surface area contributed by atoms with E-state index in [0.717, 1.165) is 11.4 Å². The molecule has 7 nitrogen and oxygen atoms in total. The van der Waals surface area contributed by atoms with Crippen LogP contribution in [0.25, 0.3) is 0 Å². The fourth-order valence-electron chi connectivity index (χ4n) is 6.29. The molecule has 2 N–H and O–H groups in total. The summed E-state index contributed by atoms with van der Waals surface area (Å²) in [6.45, 7) is 10.1. The number of hydrogen-bond donors (Lipinski definition) is 2. The highest BCUT2D eigenvalue weighted by atomic mass is 35.5. The normalized spacial score (nSPS) is 19.4. The van der Waals surface area contributed by atoms with Gasteiger partial charge in [-0.25, -0.2) is 0 Å². The first kappa shape index (κ1) is 31.4. The molecule has 1 aliphatic heterocycles. The molecule has 0 saturated carbocycles. The van der Waals surface area contributed by atoms with Gasteiger partial charge in [0.25, 0.3) is 5.91 Å². The van der Waals surface area contributed by atoms with Crippen molar-refractivity contribution < 1.29 is 23.9 Å². The molecule has 1 heterocycles. The Balaban J connectivity index is 1.51. The summed E-state index contributed by atoms with van der Waals surface area (Å²) in [7, 11) is 0. The van der Waals surface area contributed by atoms with Crippen LogP contribution in [0.1, 0.15) is 71.8 Å². The Morgan fingerprint density at radius 2 is 1.47 bits per heavy atom. The fourth-order valence-corrected chi connectivity index (χ4v) is 6.86. The molecule has 228 valence electrons. The third kappa shape index (κ3) is 6.59. The molecule has 5 rings (SSSR count). The van der Waals surface area contributed by atoms with Crippen molar-refractivity contribution in [2.45, 2.75) is 66.2 Å². The van der Waals surface area contributed by atoms with Gasteiger partial charge in [0, 0.05) is 47.0 Å². The summed E-state index contributed by atoms with van der Waals surface area (Å²) in [4.78, 5) is 40.0. The number of halogens is 3. The number of ether oxygens (including phenoxy) is 2. The quantitative estimate of drug-likeness (QED) is 0.317. The van der Waals surface area contributed by atoms with Gasteiger partial charge in [-0.05, 0) is 66.5 Å². The Kier molecular flexibility index (Phi) is 8.64. The van der Waals surface area contributed by atoms with Crippen LogP contribution in [-0.2, 0) is 14.4 Å². The van der Waals surface area contributed by atoms with Crippen molar-refractivity contribution in [3.8, 4) is 11.5 Å². The highest BCUT2D eigenvalue weighted by Crippen LogP contribution is 2.52. The zero-order valence-corrected chi connectivity index (χ0v) is 27.1. The molecule has 0 atom stereocenters. The van der Waals surface area contributed by atoms with Gasteiger partial charge in [-0.1, -0.05) is 62.5 Å². The van der Waals surface area contributed by atoms with E-state index in [4.69, 9.17) is 44.3 Å². The minimum absolute atomic E-state index is 0.0151. The van der Waals surface area contributed by atoms with E-state index >= 15 is 0 Å². The van der Waals surface area contributed by atoms with Gasteiger partial charge in [0.05, 0.1) is 21.7 Å². The van der Waals surface area contributed by atoms with Crippen LogP contribution < -0.4 is 20.1 Å². The highest BCUT2D eigenvalue weighted by molar-refractivity contribution is 6.42. The number of ketones is 2. The molecule has 2 aliphatic carbocycles. The fraction of sp³-hybridized carbons (Fsp3) is 0.424. The van der Waals surface area contributed by atoms with Crippen molar-refractivity contribution in [1.82, 2.24) is 5.32 Å². The van der Waals surface area contributed by atoms with Crippen LogP contribution in [0.5, 0.6) is 11.5 Å². The van der Waals surface area contributed by atoms with E-state index in [-0.39, 0.29) is 39.8 Å². The second-order valence-electron chi connectivity index (χ2n) is 13.0. The van der Waals surface area contributed by atoms with Gasteiger partial charge < -0.3 is 20.1 Å². The molecule has 43 heavy (non-hydrogen) atoms. The van der Waals surface area contributed by atoms with Crippen molar-refractivity contribution in [2.24, 2.45) is 10.8 Å². The summed E-state index contributed by atoms with van der Waals surface area (Å²) < 4.78 is 11.8. The van der Waals surface area contributed by atoms with Gasteiger partial charge >= 0.3 is 0 Å². The maximum atomic E-state index is 13.7. The lowest BCUT2D eigenvalue weighted by molar-refractivity contribution is -0.119. The largest absolute Gasteiger partial charge is 0.490 e. The van der Waals surface area contributed by atoms with Gasteiger partial charge in [-0.3, -0.25) is 14.4 Å². The summed E-state index contributed by atoms with van der Waals surface area (Å²) in [5.41, 5.74) is 3.68. The van der Waals surface area contributed by atoms with E-state index in [1.165, 1.54) is 0 Å². The van der Waals surface area contributed by atoms with Crippen LogP contribution in [0.15, 0.2) is 52.9 Å². The number of nitrogens with one attached hydrogen (secondary N) is 2. The van der Waals surface area contributed by atoms with Crippen LogP contribution in [0.4, 0.5) is 5.69 Å². The molecule has 0 fully saturated rings. The van der Waals surface area contributed by atoms with Crippen LogP contribution in [0, 0.1) is 10.8 Å². The molecule has 0 unspecified atom stereocenters. The van der Waals surface area contributed by atoms with Crippen molar-refractivity contribution in [3.05, 3.63) is 73.5 Å². The van der Waals surface area contributed by atoms with E-state index in [9.17, 15) is 14.4 Å². The van der Waals surface area contributed by atoms with Gasteiger partial charge in [0.2, 0.25) is 0 Å². The van der Waals surface area contributed by atoms with E-state index < -0.39 is 11.8 Å². The topological polar surface area (TPSA) is 93.7 Å². The molecule has 0 aromatic heterocycles. The standard InChI is InChI=1S/C33H35Cl3N2O5/c1-6-42-26-10-17(9-21(36)31(26)43-16-27(41)37-18-7-8-19(34)20(35)11-18)28-29-22(12-32(2,3)14-24(29)39)38-23-13-33(4,5)15-25(40)30(23)28/h7-11,28,38H,6,12-16H2,1-5H3,(H,37,41). The number of carbonyl (C=O) groups excluding carboxylic acids is 3. The van der Waals surface area contributed by atoms with Gasteiger partial charge in [0.1, 0.15) is 0 Å². The summed E-state index contributed by atoms with van der Waals surface area (Å²) in [6.07, 6.45) is 2.15. The predicted molar refractivity (Wildman–Crippen MR) is 169 cm³/mol. The Morgan fingerprint density at radius 3 is 2.02 bits per heavy atom. The number of amides is 1. The zero-order valence-electron chi connectivity index (χ0n) is 24.9. The average Bonchev–Trinajstić information content (AvgIpc) is 2.87. The van der Waals surface area contributed by atoms with Crippen molar-refractivity contribution in [3.63, 3.8) is 0 Å². The first-order valence-electron chi connectivity index (χ1n) is 14.3. The Morgan fingerprint density at radius 1 is 0.860 bits per heavy atom. The predicted octanol–water partition coefficient (Wildman–Crippen LogP) is 8.04. The molecular formula is C33H35Cl3N2O5. The molecule has 0 saturated heterocycles.